The fourth-order valence-electron chi connectivity index (χ4n) is 0.485. The second-order valence-electron chi connectivity index (χ2n) is 1.68. The molecule has 6 heteroatoms. The summed E-state index contributed by atoms with van der Waals surface area (Å²) >= 11 is 0. The predicted octanol–water partition coefficient (Wildman–Crippen LogP) is 2.57. The van der Waals surface area contributed by atoms with Crippen LogP contribution in [-0.2, 0) is 4.74 Å². The normalized spacial score (nSPS) is 25.7. The van der Waals surface area contributed by atoms with Gasteiger partial charge >= 0.3 is 6.01 Å². The number of ether oxygens (including phenoxy) is 1. The molecule has 1 aliphatic heterocycles. The van der Waals surface area contributed by atoms with Gasteiger partial charge in [-0.1, -0.05) is 0 Å². The number of hydrogen-bond acceptors (Lipinski definition) is 1. The van der Waals surface area contributed by atoms with Crippen molar-refractivity contribution in [2.75, 3.05) is 0 Å². The van der Waals surface area contributed by atoms with Crippen molar-refractivity contribution in [2.24, 2.45) is 0 Å². The Kier molecular flexibility index (Phi) is 1.84. The van der Waals surface area contributed by atoms with Crippen LogP contribution in [0.4, 0.5) is 22.0 Å². The second-order valence-corrected chi connectivity index (χ2v) is 1.68. The molecular weight excluding hydrogens is 171 g/mol. The maximum absolute atomic E-state index is 12.0. The van der Waals surface area contributed by atoms with Gasteiger partial charge in [0.05, 0.1) is 0 Å². The second kappa shape index (κ2) is 2.52. The number of alkyl halides is 1. The molecule has 0 aliphatic carbocycles. The molecule has 62 valence electrons. The van der Waals surface area contributed by atoms with E-state index in [1.165, 1.54) is 0 Å². The molecule has 0 fully saturated rings. The molecule has 0 aromatic heterocycles. The summed E-state index contributed by atoms with van der Waals surface area (Å²) in [5.41, 5.74) is 0. The zero-order chi connectivity index (χ0) is 8.59. The van der Waals surface area contributed by atoms with Crippen LogP contribution in [0.1, 0.15) is 0 Å². The first kappa shape index (κ1) is 8.03. The quantitative estimate of drug-likeness (QED) is 0.510. The summed E-state index contributed by atoms with van der Waals surface area (Å²) in [7, 11) is 0. The van der Waals surface area contributed by atoms with Crippen LogP contribution < -0.4 is 0 Å². The van der Waals surface area contributed by atoms with Gasteiger partial charge in [-0.25, -0.2) is 8.78 Å². The van der Waals surface area contributed by atoms with E-state index in [-0.39, 0.29) is 0 Å². The minimum atomic E-state index is -2.89. The molecule has 0 aromatic carbocycles. The third kappa shape index (κ3) is 1.20. The van der Waals surface area contributed by atoms with Gasteiger partial charge in [-0.2, -0.15) is 13.2 Å². The lowest BCUT2D eigenvalue weighted by Crippen LogP contribution is -2.12. The van der Waals surface area contributed by atoms with Gasteiger partial charge in [-0.3, -0.25) is 0 Å². The van der Waals surface area contributed by atoms with Gasteiger partial charge in [0.25, 0.3) is 6.36 Å². The van der Waals surface area contributed by atoms with Gasteiger partial charge in [-0.05, 0) is 0 Å². The monoisotopic (exact) mass is 172 g/mol. The van der Waals surface area contributed by atoms with Crippen molar-refractivity contribution in [1.29, 1.82) is 0 Å². The van der Waals surface area contributed by atoms with Crippen molar-refractivity contribution in [1.82, 2.24) is 0 Å². The molecule has 0 saturated carbocycles. The summed E-state index contributed by atoms with van der Waals surface area (Å²) in [5.74, 6) is -6.44. The SMILES string of the molecule is FC1=C(F)C(F)=C(F)C(F)O1. The summed E-state index contributed by atoms with van der Waals surface area (Å²) in [6, 6.07) is -2.09. The Morgan fingerprint density at radius 1 is 1.00 bits per heavy atom. The number of hydrogen-bond donors (Lipinski definition) is 0. The Labute approximate surface area is 57.8 Å². The highest BCUT2D eigenvalue weighted by molar-refractivity contribution is 5.26. The fraction of sp³-hybridized carbons (Fsp3) is 0.200. The first-order valence-corrected chi connectivity index (χ1v) is 2.45. The minimum absolute atomic E-state index is 2.09. The third-order valence-electron chi connectivity index (χ3n) is 0.981. The van der Waals surface area contributed by atoms with E-state index in [1.54, 1.807) is 0 Å². The highest BCUT2D eigenvalue weighted by atomic mass is 19.2. The first-order valence-electron chi connectivity index (χ1n) is 2.45. The van der Waals surface area contributed by atoms with E-state index in [2.05, 4.69) is 4.74 Å². The van der Waals surface area contributed by atoms with Crippen molar-refractivity contribution in [3.63, 3.8) is 0 Å². The molecule has 0 N–H and O–H groups in total. The standard InChI is InChI=1S/C5HF5O/c6-1-2(7)4(9)11-5(10)3(1)8/h4H. The molecule has 1 nitrogen and oxygen atoms in total. The van der Waals surface area contributed by atoms with Crippen LogP contribution in [0.15, 0.2) is 23.5 Å². The van der Waals surface area contributed by atoms with Crippen LogP contribution in [-0.4, -0.2) is 6.36 Å². The predicted molar refractivity (Wildman–Crippen MR) is 24.5 cm³/mol. The molecule has 1 heterocycles. The van der Waals surface area contributed by atoms with E-state index in [0.29, 0.717) is 0 Å². The maximum Gasteiger partial charge on any atom is 0.315 e. The maximum atomic E-state index is 12.0. The Hall–Kier alpha value is -1.07. The van der Waals surface area contributed by atoms with Gasteiger partial charge in [-0.15, -0.1) is 0 Å². The third-order valence-corrected chi connectivity index (χ3v) is 0.981. The lowest BCUT2D eigenvalue weighted by Gasteiger charge is -2.12. The molecule has 1 aliphatic rings. The van der Waals surface area contributed by atoms with E-state index >= 15 is 0 Å². The Balaban J connectivity index is 3.07. The Morgan fingerprint density at radius 2 is 1.55 bits per heavy atom. The summed E-state index contributed by atoms with van der Waals surface area (Å²) in [6.45, 7) is 0. The lowest BCUT2D eigenvalue weighted by molar-refractivity contribution is -0.0255. The van der Waals surface area contributed by atoms with Gasteiger partial charge in [0.1, 0.15) is 0 Å². The smallest absolute Gasteiger partial charge is 0.315 e. The van der Waals surface area contributed by atoms with Crippen LogP contribution in [0, 0.1) is 0 Å². The van der Waals surface area contributed by atoms with E-state index in [4.69, 9.17) is 0 Å². The highest BCUT2D eigenvalue weighted by Crippen LogP contribution is 2.32. The number of halogens is 5. The van der Waals surface area contributed by atoms with Crippen LogP contribution in [0.5, 0.6) is 0 Å². The minimum Gasteiger partial charge on any atom is -0.427 e. The number of rotatable bonds is 0. The van der Waals surface area contributed by atoms with E-state index in [1.807, 2.05) is 0 Å². The topological polar surface area (TPSA) is 9.23 Å². The molecule has 1 unspecified atom stereocenters. The average Bonchev–Trinajstić information content (AvgIpc) is 1.97. The molecule has 11 heavy (non-hydrogen) atoms. The number of allylic oxidation sites excluding steroid dienone is 2. The van der Waals surface area contributed by atoms with Crippen LogP contribution in [0.25, 0.3) is 0 Å². The summed E-state index contributed by atoms with van der Waals surface area (Å²) in [6.07, 6.45) is -2.89. The fourth-order valence-corrected chi connectivity index (χ4v) is 0.485. The molecule has 1 rings (SSSR count). The van der Waals surface area contributed by atoms with Crippen LogP contribution >= 0.6 is 0 Å². The summed E-state index contributed by atoms with van der Waals surface area (Å²) < 4.78 is 62.9. The highest BCUT2D eigenvalue weighted by Gasteiger charge is 2.32. The van der Waals surface area contributed by atoms with Crippen LogP contribution in [0.2, 0.25) is 0 Å². The van der Waals surface area contributed by atoms with Crippen molar-refractivity contribution in [3.8, 4) is 0 Å². The summed E-state index contributed by atoms with van der Waals surface area (Å²) in [4.78, 5) is 0. The lowest BCUT2D eigenvalue weighted by atomic mass is 10.3. The molecule has 0 spiro atoms. The Morgan fingerprint density at radius 3 is 2.09 bits per heavy atom. The molecule has 0 bridgehead atoms. The van der Waals surface area contributed by atoms with Crippen molar-refractivity contribution in [3.05, 3.63) is 23.5 Å². The van der Waals surface area contributed by atoms with Gasteiger partial charge in [0.2, 0.25) is 17.5 Å². The largest absolute Gasteiger partial charge is 0.427 e. The first-order chi connectivity index (χ1) is 5.04. The molecule has 0 saturated heterocycles. The molecular formula is C5HF5O. The van der Waals surface area contributed by atoms with Crippen LogP contribution in [0.3, 0.4) is 0 Å². The molecule has 1 atom stereocenters. The van der Waals surface area contributed by atoms with Crippen molar-refractivity contribution in [2.45, 2.75) is 6.36 Å². The van der Waals surface area contributed by atoms with E-state index < -0.39 is 29.9 Å². The zero-order valence-electron chi connectivity index (χ0n) is 4.88. The van der Waals surface area contributed by atoms with Gasteiger partial charge in [0.15, 0.2) is 0 Å². The van der Waals surface area contributed by atoms with E-state index in [9.17, 15) is 22.0 Å². The molecule has 0 radical (unpaired) electrons. The van der Waals surface area contributed by atoms with Gasteiger partial charge < -0.3 is 4.74 Å². The van der Waals surface area contributed by atoms with E-state index in [0.717, 1.165) is 0 Å². The Bertz CT molecular complexity index is 243. The van der Waals surface area contributed by atoms with Crippen molar-refractivity contribution >= 4 is 0 Å². The van der Waals surface area contributed by atoms with Crippen molar-refractivity contribution < 1.29 is 26.7 Å². The average molecular weight is 172 g/mol. The molecule has 0 aromatic rings. The zero-order valence-corrected chi connectivity index (χ0v) is 4.88. The summed E-state index contributed by atoms with van der Waals surface area (Å²) in [5, 5.41) is 0. The van der Waals surface area contributed by atoms with Gasteiger partial charge in [0, 0.05) is 0 Å². The molecule has 0 amide bonds.